The summed E-state index contributed by atoms with van der Waals surface area (Å²) in [5.74, 6) is -0.125. The molecule has 0 saturated carbocycles. The zero-order valence-electron chi connectivity index (χ0n) is 10.3. The van der Waals surface area contributed by atoms with E-state index in [4.69, 9.17) is 0 Å². The van der Waals surface area contributed by atoms with Gasteiger partial charge in [0.15, 0.2) is 0 Å². The van der Waals surface area contributed by atoms with Crippen molar-refractivity contribution in [2.75, 3.05) is 0 Å². The number of hydrogen-bond donors (Lipinski definition) is 2. The number of nitrogens with one attached hydrogen (secondary N) is 1. The first-order chi connectivity index (χ1) is 9.11. The first-order valence-electron chi connectivity index (χ1n) is 5.80. The maximum absolute atomic E-state index is 12.2. The van der Waals surface area contributed by atoms with Gasteiger partial charge in [0.05, 0.1) is 11.6 Å². The van der Waals surface area contributed by atoms with Crippen LogP contribution in [-0.2, 0) is 0 Å². The molecular formula is C13H13BrN2OS2. The second-order valence-electron chi connectivity index (χ2n) is 3.97. The number of thiol groups is 1. The van der Waals surface area contributed by atoms with Gasteiger partial charge in [-0.2, -0.15) is 0 Å². The summed E-state index contributed by atoms with van der Waals surface area (Å²) in [6.07, 6.45) is 2.55. The van der Waals surface area contributed by atoms with Crippen molar-refractivity contribution < 1.29 is 4.79 Å². The van der Waals surface area contributed by atoms with Crippen LogP contribution in [0, 0.1) is 0 Å². The van der Waals surface area contributed by atoms with Gasteiger partial charge in [0.1, 0.15) is 5.01 Å². The van der Waals surface area contributed by atoms with Crippen molar-refractivity contribution in [1.29, 1.82) is 0 Å². The van der Waals surface area contributed by atoms with Gasteiger partial charge in [-0.25, -0.2) is 4.98 Å². The number of halogens is 1. The van der Waals surface area contributed by atoms with Gasteiger partial charge in [-0.15, -0.1) is 24.0 Å². The monoisotopic (exact) mass is 356 g/mol. The lowest BCUT2D eigenvalue weighted by atomic mass is 10.1. The first-order valence-corrected chi connectivity index (χ1v) is 7.92. The minimum absolute atomic E-state index is 0.0520. The highest BCUT2D eigenvalue weighted by atomic mass is 79.9. The molecule has 1 atom stereocenters. The number of carbonyl (C=O) groups is 1. The smallest absolute Gasteiger partial charge is 0.252 e. The normalized spacial score (nSPS) is 12.2. The number of rotatable bonds is 4. The third-order valence-electron chi connectivity index (χ3n) is 2.67. The Balaban J connectivity index is 2.16. The summed E-state index contributed by atoms with van der Waals surface area (Å²) >= 11 is 9.23. The average molecular weight is 357 g/mol. The third-order valence-corrected chi connectivity index (χ3v) is 4.42. The fourth-order valence-electron chi connectivity index (χ4n) is 1.68. The average Bonchev–Trinajstić information content (AvgIpc) is 2.89. The fourth-order valence-corrected chi connectivity index (χ4v) is 3.30. The number of hydrogen-bond acceptors (Lipinski definition) is 4. The lowest BCUT2D eigenvalue weighted by molar-refractivity contribution is 0.0932. The second-order valence-corrected chi connectivity index (χ2v) is 6.29. The summed E-state index contributed by atoms with van der Waals surface area (Å²) in [4.78, 5) is 17.1. The molecule has 1 aromatic heterocycles. The Morgan fingerprint density at radius 3 is 2.95 bits per heavy atom. The van der Waals surface area contributed by atoms with E-state index in [0.29, 0.717) is 10.5 Å². The van der Waals surface area contributed by atoms with Crippen molar-refractivity contribution in [2.24, 2.45) is 0 Å². The van der Waals surface area contributed by atoms with Crippen molar-refractivity contribution in [3.63, 3.8) is 0 Å². The topological polar surface area (TPSA) is 42.0 Å². The molecule has 1 aromatic carbocycles. The maximum Gasteiger partial charge on any atom is 0.252 e. The Bertz CT molecular complexity index is 572. The Morgan fingerprint density at radius 2 is 2.37 bits per heavy atom. The van der Waals surface area contributed by atoms with Gasteiger partial charge in [0, 0.05) is 20.9 Å². The quantitative estimate of drug-likeness (QED) is 0.810. The van der Waals surface area contributed by atoms with E-state index in [1.165, 1.54) is 0 Å². The summed E-state index contributed by atoms with van der Waals surface area (Å²) in [6, 6.07) is 5.35. The molecule has 0 aliphatic carbocycles. The SMILES string of the molecule is CCC(NC(=O)c1ccc(Br)cc1S)c1nccs1. The molecule has 19 heavy (non-hydrogen) atoms. The second kappa shape index (κ2) is 6.54. The van der Waals surface area contributed by atoms with E-state index >= 15 is 0 Å². The molecule has 100 valence electrons. The van der Waals surface area contributed by atoms with Crippen LogP contribution in [0.4, 0.5) is 0 Å². The summed E-state index contributed by atoms with van der Waals surface area (Å²) in [5, 5.41) is 5.83. The van der Waals surface area contributed by atoms with Crippen molar-refractivity contribution in [3.8, 4) is 0 Å². The minimum atomic E-state index is -0.125. The molecule has 1 N–H and O–H groups in total. The molecule has 1 unspecified atom stereocenters. The molecule has 0 radical (unpaired) electrons. The number of carbonyl (C=O) groups excluding carboxylic acids is 1. The van der Waals surface area contributed by atoms with Gasteiger partial charge in [0.2, 0.25) is 0 Å². The number of amides is 1. The Hall–Kier alpha value is -0.850. The lowest BCUT2D eigenvalue weighted by Crippen LogP contribution is -2.28. The van der Waals surface area contributed by atoms with Crippen molar-refractivity contribution in [2.45, 2.75) is 24.3 Å². The van der Waals surface area contributed by atoms with Gasteiger partial charge in [-0.3, -0.25) is 4.79 Å². The van der Waals surface area contributed by atoms with E-state index in [-0.39, 0.29) is 11.9 Å². The maximum atomic E-state index is 12.2. The van der Waals surface area contributed by atoms with Gasteiger partial charge >= 0.3 is 0 Å². The zero-order valence-corrected chi connectivity index (χ0v) is 13.6. The van der Waals surface area contributed by atoms with Gasteiger partial charge in [-0.1, -0.05) is 22.9 Å². The van der Waals surface area contributed by atoms with E-state index in [1.807, 2.05) is 24.4 Å². The largest absolute Gasteiger partial charge is 0.343 e. The molecular weight excluding hydrogens is 344 g/mol. The van der Waals surface area contributed by atoms with Gasteiger partial charge in [-0.05, 0) is 24.6 Å². The van der Waals surface area contributed by atoms with E-state index in [1.54, 1.807) is 23.6 Å². The standard InChI is InChI=1S/C13H13BrN2OS2/c1-2-10(13-15-5-6-19-13)16-12(17)9-4-3-8(14)7-11(9)18/h3-7,10,18H,2H2,1H3,(H,16,17). The molecule has 0 aliphatic rings. The van der Waals surface area contributed by atoms with Crippen LogP contribution in [0.1, 0.15) is 34.8 Å². The summed E-state index contributed by atoms with van der Waals surface area (Å²) in [5.41, 5.74) is 0.571. The molecule has 0 bridgehead atoms. The molecule has 1 amide bonds. The van der Waals surface area contributed by atoms with Crippen molar-refractivity contribution >= 4 is 45.8 Å². The highest BCUT2D eigenvalue weighted by Crippen LogP contribution is 2.23. The van der Waals surface area contributed by atoms with Crippen LogP contribution >= 0.6 is 39.9 Å². The summed E-state index contributed by atoms with van der Waals surface area (Å²) in [7, 11) is 0. The predicted octanol–water partition coefficient (Wildman–Crippen LogP) is 4.08. The number of benzene rings is 1. The molecule has 6 heteroatoms. The van der Waals surface area contributed by atoms with E-state index in [2.05, 4.69) is 38.9 Å². The van der Waals surface area contributed by atoms with Gasteiger partial charge in [0.25, 0.3) is 5.91 Å². The molecule has 2 rings (SSSR count). The van der Waals surface area contributed by atoms with Gasteiger partial charge < -0.3 is 5.32 Å². The molecule has 3 nitrogen and oxygen atoms in total. The Kier molecular flexibility index (Phi) is 5.01. The lowest BCUT2D eigenvalue weighted by Gasteiger charge is -2.15. The Morgan fingerprint density at radius 1 is 1.58 bits per heavy atom. The number of nitrogens with zero attached hydrogens (tertiary/aromatic N) is 1. The summed E-state index contributed by atoms with van der Waals surface area (Å²) < 4.78 is 0.904. The minimum Gasteiger partial charge on any atom is -0.343 e. The summed E-state index contributed by atoms with van der Waals surface area (Å²) in [6.45, 7) is 2.02. The predicted molar refractivity (Wildman–Crippen MR) is 84.0 cm³/mol. The van der Waals surface area contributed by atoms with Crippen LogP contribution in [0.5, 0.6) is 0 Å². The third kappa shape index (κ3) is 3.58. The van der Waals surface area contributed by atoms with E-state index in [9.17, 15) is 4.79 Å². The molecule has 1 heterocycles. The van der Waals surface area contributed by atoms with Crippen LogP contribution < -0.4 is 5.32 Å². The zero-order chi connectivity index (χ0) is 13.8. The van der Waals surface area contributed by atoms with Crippen molar-refractivity contribution in [3.05, 3.63) is 44.8 Å². The fraction of sp³-hybridized carbons (Fsp3) is 0.231. The van der Waals surface area contributed by atoms with E-state index < -0.39 is 0 Å². The highest BCUT2D eigenvalue weighted by molar-refractivity contribution is 9.10. The molecule has 0 spiro atoms. The van der Waals surface area contributed by atoms with Crippen LogP contribution in [-0.4, -0.2) is 10.9 Å². The van der Waals surface area contributed by atoms with Crippen LogP contribution in [0.25, 0.3) is 0 Å². The molecule has 0 saturated heterocycles. The van der Waals surface area contributed by atoms with Crippen molar-refractivity contribution in [1.82, 2.24) is 10.3 Å². The van der Waals surface area contributed by atoms with E-state index in [0.717, 1.165) is 15.9 Å². The number of thiazole rings is 1. The molecule has 0 fully saturated rings. The van der Waals surface area contributed by atoms with Crippen LogP contribution in [0.2, 0.25) is 0 Å². The molecule has 0 aliphatic heterocycles. The highest BCUT2D eigenvalue weighted by Gasteiger charge is 2.17. The number of aromatic nitrogens is 1. The first kappa shape index (κ1) is 14.6. The van der Waals surface area contributed by atoms with Crippen LogP contribution in [0.3, 0.4) is 0 Å². The molecule has 2 aromatic rings. The Labute approximate surface area is 130 Å². The van der Waals surface area contributed by atoms with Crippen LogP contribution in [0.15, 0.2) is 39.1 Å².